The molecule has 1 aromatic carbocycles. The highest BCUT2D eigenvalue weighted by Gasteiger charge is 2.51. The highest BCUT2D eigenvalue weighted by Crippen LogP contribution is 2.45. The number of hydrogen-bond donors (Lipinski definition) is 2. The van der Waals surface area contributed by atoms with E-state index in [0.29, 0.717) is 35.4 Å². The second-order valence-electron chi connectivity index (χ2n) is 5.40. The first-order valence-electron chi connectivity index (χ1n) is 6.21. The van der Waals surface area contributed by atoms with Crippen LogP contribution < -0.4 is 5.32 Å². The van der Waals surface area contributed by atoms with Crippen molar-refractivity contribution in [2.45, 2.75) is 32.2 Å². The Hall–Kier alpha value is -1.22. The van der Waals surface area contributed by atoms with Crippen molar-refractivity contribution >= 4 is 23.3 Å². The number of aliphatic carboxylic acids is 1. The Balaban J connectivity index is 2.15. The van der Waals surface area contributed by atoms with Crippen LogP contribution in [0.2, 0.25) is 5.02 Å². The van der Waals surface area contributed by atoms with Crippen molar-refractivity contribution < 1.29 is 9.90 Å². The Morgan fingerprint density at radius 1 is 1.44 bits per heavy atom. The zero-order chi connectivity index (χ0) is 13.3. The van der Waals surface area contributed by atoms with Crippen LogP contribution in [0.3, 0.4) is 0 Å². The maximum Gasteiger partial charge on any atom is 0.329 e. The lowest BCUT2D eigenvalue weighted by Crippen LogP contribution is -2.57. The van der Waals surface area contributed by atoms with Gasteiger partial charge in [0.1, 0.15) is 5.54 Å². The molecule has 0 heterocycles. The number of nitrogens with one attached hydrogen (secondary N) is 1. The van der Waals surface area contributed by atoms with E-state index in [9.17, 15) is 9.90 Å². The van der Waals surface area contributed by atoms with E-state index in [-0.39, 0.29) is 0 Å². The third-order valence-corrected chi connectivity index (χ3v) is 4.15. The van der Waals surface area contributed by atoms with Gasteiger partial charge in [0, 0.05) is 0 Å². The molecule has 18 heavy (non-hydrogen) atoms. The van der Waals surface area contributed by atoms with E-state index in [1.165, 1.54) is 0 Å². The van der Waals surface area contributed by atoms with Gasteiger partial charge in [-0.1, -0.05) is 37.6 Å². The predicted octanol–water partition coefficient (Wildman–Crippen LogP) is 3.64. The molecule has 98 valence electrons. The van der Waals surface area contributed by atoms with E-state index < -0.39 is 11.5 Å². The first-order chi connectivity index (χ1) is 8.44. The molecular formula is C14H18ClNO2. The molecule has 0 atom stereocenters. The largest absolute Gasteiger partial charge is 0.480 e. The number of anilines is 1. The van der Waals surface area contributed by atoms with Crippen LogP contribution in [0.15, 0.2) is 24.3 Å². The number of para-hydroxylation sites is 1. The molecule has 2 rings (SSSR count). The van der Waals surface area contributed by atoms with Gasteiger partial charge in [-0.25, -0.2) is 4.79 Å². The molecule has 1 fully saturated rings. The Morgan fingerprint density at radius 2 is 2.06 bits per heavy atom. The molecule has 0 radical (unpaired) electrons. The number of carbonyl (C=O) groups is 1. The van der Waals surface area contributed by atoms with Gasteiger partial charge in [0.25, 0.3) is 0 Å². The van der Waals surface area contributed by atoms with Crippen LogP contribution >= 0.6 is 11.6 Å². The average molecular weight is 268 g/mol. The van der Waals surface area contributed by atoms with Crippen LogP contribution in [0, 0.1) is 11.8 Å². The standard InChI is InChI=1S/C14H18ClNO2/c1-9(2)10-7-14(8-10,13(17)18)16-12-6-4-3-5-11(12)15/h3-6,9-10,16H,7-8H2,1-2H3,(H,17,18). The number of halogens is 1. The number of carboxylic acids is 1. The maximum absolute atomic E-state index is 11.5. The molecule has 1 aromatic rings. The number of carboxylic acid groups (broad SMARTS) is 1. The Labute approximate surface area is 112 Å². The molecule has 0 unspecified atom stereocenters. The summed E-state index contributed by atoms with van der Waals surface area (Å²) < 4.78 is 0. The lowest BCUT2D eigenvalue weighted by molar-refractivity contribution is -0.148. The number of benzene rings is 1. The molecular weight excluding hydrogens is 250 g/mol. The lowest BCUT2D eigenvalue weighted by Gasteiger charge is -2.47. The fraction of sp³-hybridized carbons (Fsp3) is 0.500. The van der Waals surface area contributed by atoms with Crippen LogP contribution in [-0.2, 0) is 4.79 Å². The van der Waals surface area contributed by atoms with Crippen LogP contribution in [-0.4, -0.2) is 16.6 Å². The molecule has 0 saturated heterocycles. The normalized spacial score (nSPS) is 26.8. The average Bonchev–Trinajstić information content (AvgIpc) is 2.24. The second kappa shape index (κ2) is 4.81. The Bertz CT molecular complexity index is 453. The smallest absolute Gasteiger partial charge is 0.329 e. The van der Waals surface area contributed by atoms with Crippen molar-refractivity contribution in [1.82, 2.24) is 0 Å². The summed E-state index contributed by atoms with van der Waals surface area (Å²) in [5.74, 6) is 0.195. The zero-order valence-electron chi connectivity index (χ0n) is 10.6. The molecule has 1 aliphatic carbocycles. The third kappa shape index (κ3) is 2.32. The van der Waals surface area contributed by atoms with Gasteiger partial charge in [-0.3, -0.25) is 0 Å². The summed E-state index contributed by atoms with van der Waals surface area (Å²) in [7, 11) is 0. The lowest BCUT2D eigenvalue weighted by atomic mass is 9.64. The van der Waals surface area contributed by atoms with Crippen molar-refractivity contribution in [2.75, 3.05) is 5.32 Å². The number of hydrogen-bond acceptors (Lipinski definition) is 2. The topological polar surface area (TPSA) is 49.3 Å². The van der Waals surface area contributed by atoms with Crippen LogP contribution in [0.1, 0.15) is 26.7 Å². The second-order valence-corrected chi connectivity index (χ2v) is 5.81. The summed E-state index contributed by atoms with van der Waals surface area (Å²) in [4.78, 5) is 11.5. The minimum Gasteiger partial charge on any atom is -0.480 e. The van der Waals surface area contributed by atoms with E-state index in [4.69, 9.17) is 11.6 Å². The molecule has 0 aromatic heterocycles. The third-order valence-electron chi connectivity index (χ3n) is 3.82. The van der Waals surface area contributed by atoms with Crippen LogP contribution in [0.4, 0.5) is 5.69 Å². The SMILES string of the molecule is CC(C)C1CC(Nc2ccccc2Cl)(C(=O)O)C1. The summed E-state index contributed by atoms with van der Waals surface area (Å²) in [5.41, 5.74) is -0.149. The van der Waals surface area contributed by atoms with Gasteiger partial charge in [-0.05, 0) is 36.8 Å². The minimum atomic E-state index is -0.847. The molecule has 0 bridgehead atoms. The highest BCUT2D eigenvalue weighted by molar-refractivity contribution is 6.33. The van der Waals surface area contributed by atoms with Crippen molar-refractivity contribution in [3.8, 4) is 0 Å². The Morgan fingerprint density at radius 3 is 2.56 bits per heavy atom. The monoisotopic (exact) mass is 267 g/mol. The van der Waals surface area contributed by atoms with Crippen molar-refractivity contribution in [3.05, 3.63) is 29.3 Å². The van der Waals surface area contributed by atoms with Gasteiger partial charge in [0.15, 0.2) is 0 Å². The summed E-state index contributed by atoms with van der Waals surface area (Å²) in [6, 6.07) is 7.26. The van der Waals surface area contributed by atoms with Gasteiger partial charge in [0.2, 0.25) is 0 Å². The summed E-state index contributed by atoms with van der Waals surface area (Å²) in [5, 5.41) is 13.1. The van der Waals surface area contributed by atoms with Gasteiger partial charge in [-0.2, -0.15) is 0 Å². The molecule has 2 N–H and O–H groups in total. The molecule has 1 aliphatic rings. The van der Waals surface area contributed by atoms with E-state index >= 15 is 0 Å². The fourth-order valence-electron chi connectivity index (χ4n) is 2.46. The van der Waals surface area contributed by atoms with Crippen molar-refractivity contribution in [2.24, 2.45) is 11.8 Å². The highest BCUT2D eigenvalue weighted by atomic mass is 35.5. The van der Waals surface area contributed by atoms with E-state index in [0.717, 1.165) is 0 Å². The molecule has 0 amide bonds. The van der Waals surface area contributed by atoms with Gasteiger partial charge >= 0.3 is 5.97 Å². The maximum atomic E-state index is 11.5. The molecule has 0 spiro atoms. The molecule has 4 heteroatoms. The van der Waals surface area contributed by atoms with Gasteiger partial charge in [-0.15, -0.1) is 0 Å². The van der Waals surface area contributed by atoms with E-state index in [2.05, 4.69) is 19.2 Å². The first-order valence-corrected chi connectivity index (χ1v) is 6.58. The van der Waals surface area contributed by atoms with Crippen LogP contribution in [0.25, 0.3) is 0 Å². The number of rotatable bonds is 4. The van der Waals surface area contributed by atoms with Crippen molar-refractivity contribution in [1.29, 1.82) is 0 Å². The zero-order valence-corrected chi connectivity index (χ0v) is 11.4. The van der Waals surface area contributed by atoms with E-state index in [1.807, 2.05) is 18.2 Å². The van der Waals surface area contributed by atoms with Gasteiger partial charge in [0.05, 0.1) is 10.7 Å². The van der Waals surface area contributed by atoms with Crippen molar-refractivity contribution in [3.63, 3.8) is 0 Å². The first kappa shape index (κ1) is 13.2. The summed E-state index contributed by atoms with van der Waals surface area (Å²) >= 11 is 6.06. The quantitative estimate of drug-likeness (QED) is 0.876. The molecule has 1 saturated carbocycles. The summed E-state index contributed by atoms with van der Waals surface area (Å²) in [6.45, 7) is 4.26. The molecule has 0 aliphatic heterocycles. The summed E-state index contributed by atoms with van der Waals surface area (Å²) in [6.07, 6.45) is 1.32. The van der Waals surface area contributed by atoms with E-state index in [1.54, 1.807) is 6.07 Å². The van der Waals surface area contributed by atoms with Gasteiger partial charge < -0.3 is 10.4 Å². The fourth-order valence-corrected chi connectivity index (χ4v) is 2.64. The minimum absolute atomic E-state index is 0.469. The molecule has 3 nitrogen and oxygen atoms in total. The predicted molar refractivity (Wildman–Crippen MR) is 73.0 cm³/mol. The Kier molecular flexibility index (Phi) is 3.53. The van der Waals surface area contributed by atoms with Crippen LogP contribution in [0.5, 0.6) is 0 Å².